The van der Waals surface area contributed by atoms with Gasteiger partial charge in [0.2, 0.25) is 10.0 Å². The third kappa shape index (κ3) is 4.54. The first-order valence-corrected chi connectivity index (χ1v) is 9.98. The molecule has 2 aromatic carbocycles. The summed E-state index contributed by atoms with van der Waals surface area (Å²) < 4.78 is 24.2. The highest BCUT2D eigenvalue weighted by atomic mass is 32.2. The number of sulfonamides is 1. The van der Waals surface area contributed by atoms with E-state index in [0.29, 0.717) is 12.2 Å². The molecular formula is C20H19N3O4S. The Hall–Kier alpha value is -3.23. The summed E-state index contributed by atoms with van der Waals surface area (Å²) in [6.45, 7) is 2.46. The zero-order valence-electron chi connectivity index (χ0n) is 15.1. The van der Waals surface area contributed by atoms with Crippen molar-refractivity contribution in [3.8, 4) is 0 Å². The topological polar surface area (TPSA) is 111 Å². The van der Waals surface area contributed by atoms with Crippen molar-refractivity contribution >= 4 is 27.4 Å². The number of anilines is 1. The van der Waals surface area contributed by atoms with Crippen molar-refractivity contribution in [1.82, 2.24) is 4.57 Å². The van der Waals surface area contributed by atoms with Gasteiger partial charge in [-0.05, 0) is 48.9 Å². The number of amides is 1. The molecule has 144 valence electrons. The molecule has 3 N–H and O–H groups in total. The van der Waals surface area contributed by atoms with Gasteiger partial charge >= 0.3 is 0 Å². The van der Waals surface area contributed by atoms with E-state index >= 15 is 0 Å². The number of hydrogen-bond donors (Lipinski definition) is 2. The van der Waals surface area contributed by atoms with E-state index in [1.807, 2.05) is 31.2 Å². The monoisotopic (exact) mass is 397 g/mol. The number of primary sulfonamides is 1. The van der Waals surface area contributed by atoms with Crippen LogP contribution in [0, 0.1) is 6.92 Å². The molecule has 0 aliphatic rings. The number of nitrogens with one attached hydrogen (secondary N) is 1. The molecule has 0 radical (unpaired) electrons. The first-order valence-electron chi connectivity index (χ1n) is 8.43. The maximum Gasteiger partial charge on any atom is 0.298 e. The molecule has 1 aromatic heterocycles. The van der Waals surface area contributed by atoms with Crippen LogP contribution in [-0.4, -0.2) is 24.7 Å². The molecule has 0 bridgehead atoms. The minimum Gasteiger partial charge on any atom is -0.340 e. The summed E-state index contributed by atoms with van der Waals surface area (Å²) in [5.74, 6) is -1.50. The quantitative estimate of drug-likeness (QED) is 0.491. The van der Waals surface area contributed by atoms with Crippen molar-refractivity contribution in [3.05, 3.63) is 83.7 Å². The van der Waals surface area contributed by atoms with Crippen LogP contribution < -0.4 is 10.5 Å². The standard InChI is InChI=1S/C20H19N3O4S/c1-14-4-6-15(7-5-14)13-23-12-2-3-18(23)19(24)20(25)22-16-8-10-17(11-9-16)28(21,26)27/h2-12H,13H2,1H3,(H,22,25)(H2,21,26,27). The lowest BCUT2D eigenvalue weighted by molar-refractivity contribution is -0.112. The molecule has 0 saturated heterocycles. The average molecular weight is 397 g/mol. The number of carbonyl (C=O) groups excluding carboxylic acids is 2. The smallest absolute Gasteiger partial charge is 0.298 e. The van der Waals surface area contributed by atoms with Gasteiger partial charge in [-0.2, -0.15) is 0 Å². The molecule has 0 spiro atoms. The number of Topliss-reactive ketones (excluding diaryl/α,β-unsaturated/α-hetero) is 1. The zero-order chi connectivity index (χ0) is 20.3. The number of rotatable bonds is 6. The van der Waals surface area contributed by atoms with Crippen molar-refractivity contribution in [2.24, 2.45) is 5.14 Å². The van der Waals surface area contributed by atoms with Crippen molar-refractivity contribution in [3.63, 3.8) is 0 Å². The number of nitrogens with zero attached hydrogens (tertiary/aromatic N) is 1. The van der Waals surface area contributed by atoms with Gasteiger partial charge in [-0.15, -0.1) is 0 Å². The van der Waals surface area contributed by atoms with E-state index in [4.69, 9.17) is 5.14 Å². The van der Waals surface area contributed by atoms with Gasteiger partial charge in [0.05, 0.1) is 10.6 Å². The molecule has 8 heteroatoms. The molecular weight excluding hydrogens is 378 g/mol. The van der Waals surface area contributed by atoms with Gasteiger partial charge in [0, 0.05) is 18.4 Å². The molecule has 3 aromatic rings. The molecule has 0 aliphatic carbocycles. The lowest BCUT2D eigenvalue weighted by Gasteiger charge is -2.10. The lowest BCUT2D eigenvalue weighted by atomic mass is 10.1. The highest BCUT2D eigenvalue weighted by Crippen LogP contribution is 2.14. The molecule has 3 rings (SSSR count). The number of benzene rings is 2. The van der Waals surface area contributed by atoms with Gasteiger partial charge in [-0.1, -0.05) is 29.8 Å². The molecule has 28 heavy (non-hydrogen) atoms. The summed E-state index contributed by atoms with van der Waals surface area (Å²) in [4.78, 5) is 24.8. The van der Waals surface area contributed by atoms with E-state index in [1.54, 1.807) is 22.9 Å². The van der Waals surface area contributed by atoms with E-state index in [9.17, 15) is 18.0 Å². The fourth-order valence-corrected chi connectivity index (χ4v) is 3.20. The molecule has 1 amide bonds. The zero-order valence-corrected chi connectivity index (χ0v) is 15.9. The van der Waals surface area contributed by atoms with Crippen LogP contribution in [0.1, 0.15) is 21.6 Å². The van der Waals surface area contributed by atoms with Crippen LogP contribution >= 0.6 is 0 Å². The normalized spacial score (nSPS) is 11.2. The van der Waals surface area contributed by atoms with E-state index in [0.717, 1.165) is 11.1 Å². The van der Waals surface area contributed by atoms with Crippen molar-refractivity contribution in [1.29, 1.82) is 0 Å². The maximum absolute atomic E-state index is 12.6. The Morgan fingerprint density at radius 2 is 1.64 bits per heavy atom. The number of nitrogens with two attached hydrogens (primary N) is 1. The lowest BCUT2D eigenvalue weighted by Crippen LogP contribution is -2.25. The highest BCUT2D eigenvalue weighted by molar-refractivity contribution is 7.89. The first-order chi connectivity index (χ1) is 13.2. The van der Waals surface area contributed by atoms with Crippen LogP contribution in [0.5, 0.6) is 0 Å². The predicted molar refractivity (Wildman–Crippen MR) is 105 cm³/mol. The fourth-order valence-electron chi connectivity index (χ4n) is 2.68. The summed E-state index contributed by atoms with van der Waals surface area (Å²) in [6.07, 6.45) is 1.74. The predicted octanol–water partition coefficient (Wildman–Crippen LogP) is 2.31. The van der Waals surface area contributed by atoms with Crippen LogP contribution in [-0.2, 0) is 21.4 Å². The highest BCUT2D eigenvalue weighted by Gasteiger charge is 2.20. The minimum atomic E-state index is -3.82. The van der Waals surface area contributed by atoms with Crippen molar-refractivity contribution < 1.29 is 18.0 Å². The van der Waals surface area contributed by atoms with Gasteiger partial charge in [0.15, 0.2) is 0 Å². The molecule has 1 heterocycles. The van der Waals surface area contributed by atoms with Crippen molar-refractivity contribution in [2.75, 3.05) is 5.32 Å². The SMILES string of the molecule is Cc1ccc(Cn2cccc2C(=O)C(=O)Nc2ccc(S(N)(=O)=O)cc2)cc1. The largest absolute Gasteiger partial charge is 0.340 e. The first kappa shape index (κ1) is 19.5. The van der Waals surface area contributed by atoms with Gasteiger partial charge in [-0.25, -0.2) is 13.6 Å². The molecule has 0 atom stereocenters. The van der Waals surface area contributed by atoms with Crippen LogP contribution in [0.3, 0.4) is 0 Å². The Labute approximate surface area is 162 Å². The molecule has 0 unspecified atom stereocenters. The van der Waals surface area contributed by atoms with Gasteiger partial charge in [-0.3, -0.25) is 9.59 Å². The summed E-state index contributed by atoms with van der Waals surface area (Å²) >= 11 is 0. The molecule has 0 saturated carbocycles. The molecule has 0 fully saturated rings. The second-order valence-electron chi connectivity index (χ2n) is 6.36. The number of ketones is 1. The summed E-state index contributed by atoms with van der Waals surface area (Å²) in [6, 6.07) is 16.5. The number of hydrogen-bond acceptors (Lipinski definition) is 4. The summed E-state index contributed by atoms with van der Waals surface area (Å²) in [5, 5.41) is 7.51. The maximum atomic E-state index is 12.6. The molecule has 0 aliphatic heterocycles. The average Bonchev–Trinajstić information content (AvgIpc) is 3.10. The number of carbonyl (C=O) groups is 2. The second-order valence-corrected chi connectivity index (χ2v) is 7.92. The molecule has 7 nitrogen and oxygen atoms in total. The fraction of sp³-hybridized carbons (Fsp3) is 0.100. The number of aryl methyl sites for hydroxylation is 1. The van der Waals surface area contributed by atoms with Crippen molar-refractivity contribution in [2.45, 2.75) is 18.4 Å². The minimum absolute atomic E-state index is 0.0798. The van der Waals surface area contributed by atoms with Crippen LogP contribution in [0.4, 0.5) is 5.69 Å². The second kappa shape index (κ2) is 7.79. The Kier molecular flexibility index (Phi) is 5.43. The van der Waals surface area contributed by atoms with E-state index in [1.165, 1.54) is 24.3 Å². The van der Waals surface area contributed by atoms with Crippen LogP contribution in [0.15, 0.2) is 71.8 Å². The van der Waals surface area contributed by atoms with E-state index in [-0.39, 0.29) is 10.6 Å². The number of aromatic nitrogens is 1. The van der Waals surface area contributed by atoms with Gasteiger partial charge < -0.3 is 9.88 Å². The Morgan fingerprint density at radius 1 is 1.00 bits per heavy atom. The Bertz CT molecular complexity index is 1120. The van der Waals surface area contributed by atoms with Crippen LogP contribution in [0.2, 0.25) is 0 Å². The van der Waals surface area contributed by atoms with Gasteiger partial charge in [0.25, 0.3) is 11.7 Å². The third-order valence-electron chi connectivity index (χ3n) is 4.18. The Balaban J connectivity index is 1.73. The van der Waals surface area contributed by atoms with Crippen LogP contribution in [0.25, 0.3) is 0 Å². The van der Waals surface area contributed by atoms with E-state index in [2.05, 4.69) is 5.32 Å². The summed E-state index contributed by atoms with van der Waals surface area (Å²) in [5.41, 5.74) is 2.71. The Morgan fingerprint density at radius 3 is 2.25 bits per heavy atom. The summed E-state index contributed by atoms with van der Waals surface area (Å²) in [7, 11) is -3.82. The van der Waals surface area contributed by atoms with E-state index < -0.39 is 21.7 Å². The van der Waals surface area contributed by atoms with Gasteiger partial charge in [0.1, 0.15) is 0 Å². The third-order valence-corrected chi connectivity index (χ3v) is 5.11.